The molecule has 1 aromatic heterocycles. The van der Waals surface area contributed by atoms with Crippen LogP contribution in [0.1, 0.15) is 24.4 Å². The average molecular weight is 168 g/mol. The first-order valence-corrected chi connectivity index (χ1v) is 3.78. The van der Waals surface area contributed by atoms with E-state index < -0.39 is 0 Å². The third kappa shape index (κ3) is 1.64. The van der Waals surface area contributed by atoms with Crippen LogP contribution in [-0.2, 0) is 0 Å². The van der Waals surface area contributed by atoms with Crippen LogP contribution in [0.15, 0.2) is 17.0 Å². The van der Waals surface area contributed by atoms with Crippen molar-refractivity contribution in [2.75, 3.05) is 7.05 Å². The van der Waals surface area contributed by atoms with Gasteiger partial charge in [-0.05, 0) is 13.8 Å². The lowest BCUT2D eigenvalue weighted by Crippen LogP contribution is -2.32. The fourth-order valence-corrected chi connectivity index (χ4v) is 0.730. The zero-order valence-electron chi connectivity index (χ0n) is 7.44. The number of hydrogen-bond acceptors (Lipinski definition) is 3. The summed E-state index contributed by atoms with van der Waals surface area (Å²) in [6.07, 6.45) is 2.67. The lowest BCUT2D eigenvalue weighted by molar-refractivity contribution is 0.0723. The quantitative estimate of drug-likeness (QED) is 0.665. The van der Waals surface area contributed by atoms with Gasteiger partial charge in [-0.1, -0.05) is 0 Å². The maximum absolute atomic E-state index is 11.4. The summed E-state index contributed by atoms with van der Waals surface area (Å²) in [6.45, 7) is 3.88. The van der Waals surface area contributed by atoms with E-state index >= 15 is 0 Å². The van der Waals surface area contributed by atoms with Crippen LogP contribution < -0.4 is 0 Å². The number of nitrogens with zero attached hydrogens (tertiary/aromatic N) is 2. The van der Waals surface area contributed by atoms with Gasteiger partial charge in [-0.15, -0.1) is 0 Å². The fourth-order valence-electron chi connectivity index (χ4n) is 0.730. The maximum Gasteiger partial charge on any atom is 0.291 e. The van der Waals surface area contributed by atoms with Crippen molar-refractivity contribution in [3.63, 3.8) is 0 Å². The van der Waals surface area contributed by atoms with Gasteiger partial charge in [-0.25, -0.2) is 4.98 Å². The molecule has 0 spiro atoms. The number of aromatic nitrogens is 1. The number of hydrogen-bond donors (Lipinski definition) is 0. The van der Waals surface area contributed by atoms with Gasteiger partial charge in [0.15, 0.2) is 6.39 Å². The monoisotopic (exact) mass is 168 g/mol. The highest BCUT2D eigenvalue weighted by Crippen LogP contribution is 2.04. The highest BCUT2D eigenvalue weighted by molar-refractivity contribution is 5.91. The number of oxazole rings is 1. The third-order valence-corrected chi connectivity index (χ3v) is 1.74. The molecule has 0 atom stereocenters. The van der Waals surface area contributed by atoms with Gasteiger partial charge in [-0.2, -0.15) is 0 Å². The van der Waals surface area contributed by atoms with E-state index in [4.69, 9.17) is 4.42 Å². The van der Waals surface area contributed by atoms with E-state index in [1.165, 1.54) is 12.6 Å². The first-order chi connectivity index (χ1) is 5.63. The summed E-state index contributed by atoms with van der Waals surface area (Å²) in [4.78, 5) is 16.7. The minimum absolute atomic E-state index is 0.137. The second-order valence-electron chi connectivity index (χ2n) is 2.88. The molecule has 0 aliphatic rings. The van der Waals surface area contributed by atoms with Crippen molar-refractivity contribution >= 4 is 5.91 Å². The summed E-state index contributed by atoms with van der Waals surface area (Å²) in [5.41, 5.74) is 0. The Hall–Kier alpha value is -1.32. The largest absolute Gasteiger partial charge is 0.438 e. The molecule has 0 aliphatic carbocycles. The molecular formula is C8H12N2O2. The SMILES string of the molecule is CC(C)N(C)C(=O)c1cnco1. The highest BCUT2D eigenvalue weighted by Gasteiger charge is 2.16. The molecule has 0 radical (unpaired) electrons. The normalized spacial score (nSPS) is 10.3. The molecule has 0 saturated carbocycles. The van der Waals surface area contributed by atoms with E-state index in [-0.39, 0.29) is 17.7 Å². The Bertz CT molecular complexity index is 254. The van der Waals surface area contributed by atoms with Gasteiger partial charge in [0.25, 0.3) is 5.91 Å². The standard InChI is InChI=1S/C8H12N2O2/c1-6(2)10(3)8(11)7-4-9-5-12-7/h4-6H,1-3H3. The Balaban J connectivity index is 2.72. The molecule has 0 saturated heterocycles. The second kappa shape index (κ2) is 3.38. The van der Waals surface area contributed by atoms with Gasteiger partial charge in [0.2, 0.25) is 5.76 Å². The molecule has 1 aromatic rings. The minimum atomic E-state index is -0.137. The lowest BCUT2D eigenvalue weighted by Gasteiger charge is -2.19. The maximum atomic E-state index is 11.4. The van der Waals surface area contributed by atoms with Crippen LogP contribution in [0.25, 0.3) is 0 Å². The predicted octanol–water partition coefficient (Wildman–Crippen LogP) is 1.16. The van der Waals surface area contributed by atoms with Crippen LogP contribution in [-0.4, -0.2) is 28.9 Å². The molecule has 0 aliphatic heterocycles. The van der Waals surface area contributed by atoms with Crippen molar-refractivity contribution in [1.82, 2.24) is 9.88 Å². The summed E-state index contributed by atoms with van der Waals surface area (Å²) in [5.74, 6) is 0.147. The van der Waals surface area contributed by atoms with Crippen LogP contribution in [0.2, 0.25) is 0 Å². The Morgan fingerprint density at radius 3 is 2.75 bits per heavy atom. The molecule has 4 nitrogen and oxygen atoms in total. The van der Waals surface area contributed by atoms with Gasteiger partial charge in [-0.3, -0.25) is 4.79 Å². The summed E-state index contributed by atoms with van der Waals surface area (Å²) in [7, 11) is 1.73. The molecule has 0 unspecified atom stereocenters. The first-order valence-electron chi connectivity index (χ1n) is 3.78. The number of carbonyl (C=O) groups excluding carboxylic acids is 1. The van der Waals surface area contributed by atoms with Crippen molar-refractivity contribution in [3.8, 4) is 0 Å². The van der Waals surface area contributed by atoms with Gasteiger partial charge in [0, 0.05) is 13.1 Å². The van der Waals surface area contributed by atoms with E-state index in [2.05, 4.69) is 4.98 Å². The van der Waals surface area contributed by atoms with Crippen LogP contribution >= 0.6 is 0 Å². The molecule has 4 heteroatoms. The van der Waals surface area contributed by atoms with Crippen LogP contribution in [0, 0.1) is 0 Å². The second-order valence-corrected chi connectivity index (χ2v) is 2.88. The lowest BCUT2D eigenvalue weighted by atomic mass is 10.3. The summed E-state index contributed by atoms with van der Waals surface area (Å²) < 4.78 is 4.86. The van der Waals surface area contributed by atoms with E-state index in [1.807, 2.05) is 13.8 Å². The van der Waals surface area contributed by atoms with Crippen LogP contribution in [0.5, 0.6) is 0 Å². The Kier molecular flexibility index (Phi) is 2.47. The zero-order chi connectivity index (χ0) is 9.14. The smallest absolute Gasteiger partial charge is 0.291 e. The Labute approximate surface area is 71.2 Å². The number of amides is 1. The van der Waals surface area contributed by atoms with Crippen molar-refractivity contribution in [2.45, 2.75) is 19.9 Å². The number of rotatable bonds is 2. The van der Waals surface area contributed by atoms with E-state index in [0.29, 0.717) is 0 Å². The van der Waals surface area contributed by atoms with E-state index in [9.17, 15) is 4.79 Å². The van der Waals surface area contributed by atoms with Crippen molar-refractivity contribution in [1.29, 1.82) is 0 Å². The van der Waals surface area contributed by atoms with E-state index in [0.717, 1.165) is 0 Å². The average Bonchev–Trinajstić information content (AvgIpc) is 2.53. The zero-order valence-corrected chi connectivity index (χ0v) is 7.44. The Morgan fingerprint density at radius 1 is 1.67 bits per heavy atom. The van der Waals surface area contributed by atoms with Crippen molar-refractivity contribution < 1.29 is 9.21 Å². The molecule has 0 bridgehead atoms. The van der Waals surface area contributed by atoms with Crippen LogP contribution in [0.3, 0.4) is 0 Å². The molecule has 1 amide bonds. The molecule has 0 N–H and O–H groups in total. The molecule has 0 fully saturated rings. The molecule has 1 rings (SSSR count). The fraction of sp³-hybridized carbons (Fsp3) is 0.500. The molecule has 0 aromatic carbocycles. The molecular weight excluding hydrogens is 156 g/mol. The summed E-state index contributed by atoms with van der Waals surface area (Å²) >= 11 is 0. The van der Waals surface area contributed by atoms with Gasteiger partial charge < -0.3 is 9.32 Å². The van der Waals surface area contributed by atoms with Gasteiger partial charge >= 0.3 is 0 Å². The predicted molar refractivity (Wildman–Crippen MR) is 43.7 cm³/mol. The number of carbonyl (C=O) groups is 1. The van der Waals surface area contributed by atoms with Crippen LogP contribution in [0.4, 0.5) is 0 Å². The Morgan fingerprint density at radius 2 is 2.33 bits per heavy atom. The van der Waals surface area contributed by atoms with Crippen molar-refractivity contribution in [3.05, 3.63) is 18.4 Å². The highest BCUT2D eigenvalue weighted by atomic mass is 16.3. The van der Waals surface area contributed by atoms with Gasteiger partial charge in [0.1, 0.15) is 0 Å². The molecule has 12 heavy (non-hydrogen) atoms. The van der Waals surface area contributed by atoms with Gasteiger partial charge in [0.05, 0.1) is 6.20 Å². The topological polar surface area (TPSA) is 46.3 Å². The van der Waals surface area contributed by atoms with E-state index in [1.54, 1.807) is 11.9 Å². The molecule has 1 heterocycles. The third-order valence-electron chi connectivity index (χ3n) is 1.74. The minimum Gasteiger partial charge on any atom is -0.438 e. The summed E-state index contributed by atoms with van der Waals surface area (Å²) in [5, 5.41) is 0. The molecule has 66 valence electrons. The van der Waals surface area contributed by atoms with Crippen molar-refractivity contribution in [2.24, 2.45) is 0 Å². The first kappa shape index (κ1) is 8.77. The summed E-state index contributed by atoms with van der Waals surface area (Å²) in [6, 6.07) is 0.169.